The molecule has 2 aliphatic heterocycles. The average Bonchev–Trinajstić information content (AvgIpc) is 3.06. The Morgan fingerprint density at radius 3 is 2.69 bits per heavy atom. The number of urea groups is 1. The van der Waals surface area contributed by atoms with Crippen LogP contribution >= 0.6 is 0 Å². The molecular weight excluding hydrogens is 374 g/mol. The molecule has 1 N–H and O–H groups in total. The van der Waals surface area contributed by atoms with Gasteiger partial charge in [0, 0.05) is 32.4 Å². The molecular formula is C21H27N3O5. The molecule has 0 saturated heterocycles. The first-order valence-electron chi connectivity index (χ1n) is 9.47. The predicted molar refractivity (Wildman–Crippen MR) is 108 cm³/mol. The van der Waals surface area contributed by atoms with Crippen molar-refractivity contribution in [3.05, 3.63) is 47.7 Å². The number of rotatable bonds is 9. The zero-order valence-electron chi connectivity index (χ0n) is 17.1. The molecule has 3 rings (SSSR count). The van der Waals surface area contributed by atoms with Crippen molar-refractivity contribution >= 4 is 11.9 Å². The van der Waals surface area contributed by atoms with E-state index in [-0.39, 0.29) is 11.9 Å². The molecule has 2 heterocycles. The van der Waals surface area contributed by atoms with Gasteiger partial charge in [0.1, 0.15) is 11.5 Å². The van der Waals surface area contributed by atoms with Gasteiger partial charge in [-0.25, -0.2) is 4.79 Å². The van der Waals surface area contributed by atoms with E-state index in [1.165, 1.54) is 0 Å². The Hall–Kier alpha value is -3.00. The Morgan fingerprint density at radius 2 is 2.03 bits per heavy atom. The fourth-order valence-corrected chi connectivity index (χ4v) is 3.75. The molecule has 2 aliphatic rings. The normalized spacial score (nSPS) is 18.7. The number of amides is 3. The van der Waals surface area contributed by atoms with Gasteiger partial charge in [0.15, 0.2) is 0 Å². The Balaban J connectivity index is 2.03. The van der Waals surface area contributed by atoms with Crippen molar-refractivity contribution in [1.82, 2.24) is 15.1 Å². The second kappa shape index (κ2) is 9.00. The highest BCUT2D eigenvalue weighted by atomic mass is 16.5. The Morgan fingerprint density at radius 1 is 1.24 bits per heavy atom. The van der Waals surface area contributed by atoms with E-state index in [2.05, 4.69) is 11.9 Å². The molecule has 0 fully saturated rings. The molecule has 1 aromatic rings. The lowest BCUT2D eigenvalue weighted by molar-refractivity contribution is -0.125. The number of hydrogen-bond acceptors (Lipinski definition) is 5. The summed E-state index contributed by atoms with van der Waals surface area (Å²) in [5, 5.41) is 2.96. The molecule has 8 nitrogen and oxygen atoms in total. The molecule has 3 amide bonds. The lowest BCUT2D eigenvalue weighted by Gasteiger charge is -2.33. The fourth-order valence-electron chi connectivity index (χ4n) is 3.75. The summed E-state index contributed by atoms with van der Waals surface area (Å²) < 4.78 is 15.9. The molecule has 8 heteroatoms. The van der Waals surface area contributed by atoms with Crippen LogP contribution in [-0.2, 0) is 9.53 Å². The molecule has 156 valence electrons. The summed E-state index contributed by atoms with van der Waals surface area (Å²) in [6.45, 7) is 5.55. The zero-order valence-corrected chi connectivity index (χ0v) is 17.1. The second-order valence-electron chi connectivity index (χ2n) is 6.82. The van der Waals surface area contributed by atoms with E-state index in [0.717, 1.165) is 6.42 Å². The van der Waals surface area contributed by atoms with Crippen LogP contribution in [0.15, 0.2) is 42.1 Å². The standard InChI is InChI=1S/C21H27N3O5/c1-5-9-24-16-13-23(10-6-11-27-2)20(25)18(16)19(22-21(24)26)15-12-14(28-3)7-8-17(15)29-4/h5,7-8,12,19H,1,6,9-11,13H2,2-4H3,(H,22,26)/t19-/m0/s1. The minimum Gasteiger partial charge on any atom is -0.497 e. The number of carbonyl (C=O) groups excluding carboxylic acids is 2. The summed E-state index contributed by atoms with van der Waals surface area (Å²) in [7, 11) is 4.76. The third-order valence-electron chi connectivity index (χ3n) is 5.13. The summed E-state index contributed by atoms with van der Waals surface area (Å²) in [5.74, 6) is 1.10. The lowest BCUT2D eigenvalue weighted by atomic mass is 9.94. The molecule has 0 unspecified atom stereocenters. The maximum atomic E-state index is 13.3. The number of carbonyl (C=O) groups is 2. The van der Waals surface area contributed by atoms with Crippen molar-refractivity contribution in [2.75, 3.05) is 47.6 Å². The quantitative estimate of drug-likeness (QED) is 0.506. The van der Waals surface area contributed by atoms with Gasteiger partial charge in [-0.3, -0.25) is 9.69 Å². The number of benzene rings is 1. The summed E-state index contributed by atoms with van der Waals surface area (Å²) in [6.07, 6.45) is 2.37. The molecule has 0 aliphatic carbocycles. The molecule has 0 radical (unpaired) electrons. The number of ether oxygens (including phenoxy) is 3. The van der Waals surface area contributed by atoms with Gasteiger partial charge in [0.2, 0.25) is 0 Å². The molecule has 0 bridgehead atoms. The van der Waals surface area contributed by atoms with E-state index in [4.69, 9.17) is 14.2 Å². The molecule has 1 atom stereocenters. The Labute approximate surface area is 170 Å². The van der Waals surface area contributed by atoms with Crippen molar-refractivity contribution in [3.63, 3.8) is 0 Å². The minimum atomic E-state index is -0.622. The molecule has 0 saturated carbocycles. The van der Waals surface area contributed by atoms with Crippen LogP contribution in [0.25, 0.3) is 0 Å². The maximum absolute atomic E-state index is 13.3. The van der Waals surface area contributed by atoms with Gasteiger partial charge in [-0.2, -0.15) is 0 Å². The SMILES string of the molecule is C=CCN1C(=O)N[C@@H](c2cc(OC)ccc2OC)C2=C1CN(CCCOC)C2=O. The first kappa shape index (κ1) is 20.7. The zero-order chi connectivity index (χ0) is 21.0. The van der Waals surface area contributed by atoms with Gasteiger partial charge in [0.25, 0.3) is 5.91 Å². The van der Waals surface area contributed by atoms with Gasteiger partial charge in [0.05, 0.1) is 38.1 Å². The largest absolute Gasteiger partial charge is 0.497 e. The van der Waals surface area contributed by atoms with Crippen LogP contribution in [0.3, 0.4) is 0 Å². The summed E-state index contributed by atoms with van der Waals surface area (Å²) in [6, 6.07) is 4.44. The van der Waals surface area contributed by atoms with E-state index < -0.39 is 6.04 Å². The number of methoxy groups -OCH3 is 3. The van der Waals surface area contributed by atoms with E-state index in [1.54, 1.807) is 55.4 Å². The fraction of sp³-hybridized carbons (Fsp3) is 0.429. The predicted octanol–water partition coefficient (Wildman–Crippen LogP) is 2.09. The average molecular weight is 401 g/mol. The van der Waals surface area contributed by atoms with Crippen molar-refractivity contribution < 1.29 is 23.8 Å². The van der Waals surface area contributed by atoms with Crippen molar-refractivity contribution in [3.8, 4) is 11.5 Å². The maximum Gasteiger partial charge on any atom is 0.322 e. The van der Waals surface area contributed by atoms with Crippen molar-refractivity contribution in [2.45, 2.75) is 12.5 Å². The topological polar surface area (TPSA) is 80.3 Å². The van der Waals surface area contributed by atoms with Gasteiger partial charge in [-0.05, 0) is 24.6 Å². The minimum absolute atomic E-state index is 0.0972. The van der Waals surface area contributed by atoms with Crippen LogP contribution in [0, 0.1) is 0 Å². The van der Waals surface area contributed by atoms with Crippen molar-refractivity contribution in [2.24, 2.45) is 0 Å². The van der Waals surface area contributed by atoms with Gasteiger partial charge >= 0.3 is 6.03 Å². The summed E-state index contributed by atoms with van der Waals surface area (Å²) in [4.78, 5) is 29.4. The molecule has 1 aromatic carbocycles. The Bertz CT molecular complexity index is 836. The second-order valence-corrected chi connectivity index (χ2v) is 6.82. The van der Waals surface area contributed by atoms with Gasteiger partial charge in [-0.15, -0.1) is 6.58 Å². The molecule has 29 heavy (non-hydrogen) atoms. The first-order valence-corrected chi connectivity index (χ1v) is 9.47. The highest BCUT2D eigenvalue weighted by Gasteiger charge is 2.44. The smallest absolute Gasteiger partial charge is 0.322 e. The van der Waals surface area contributed by atoms with Gasteiger partial charge < -0.3 is 24.4 Å². The van der Waals surface area contributed by atoms with Crippen LogP contribution in [-0.4, -0.2) is 69.3 Å². The highest BCUT2D eigenvalue weighted by Crippen LogP contribution is 2.40. The highest BCUT2D eigenvalue weighted by molar-refractivity contribution is 6.01. The summed E-state index contributed by atoms with van der Waals surface area (Å²) >= 11 is 0. The van der Waals surface area contributed by atoms with Crippen LogP contribution in [0.1, 0.15) is 18.0 Å². The van der Waals surface area contributed by atoms with E-state index in [9.17, 15) is 9.59 Å². The van der Waals surface area contributed by atoms with Crippen LogP contribution in [0.4, 0.5) is 4.79 Å². The van der Waals surface area contributed by atoms with Crippen molar-refractivity contribution in [1.29, 1.82) is 0 Å². The number of nitrogens with zero attached hydrogens (tertiary/aromatic N) is 2. The van der Waals surface area contributed by atoms with E-state index in [0.29, 0.717) is 54.6 Å². The van der Waals surface area contributed by atoms with Crippen LogP contribution in [0.2, 0.25) is 0 Å². The number of nitrogens with one attached hydrogen (secondary N) is 1. The lowest BCUT2D eigenvalue weighted by Crippen LogP contribution is -2.47. The van der Waals surface area contributed by atoms with E-state index in [1.807, 2.05) is 0 Å². The van der Waals surface area contributed by atoms with Gasteiger partial charge in [-0.1, -0.05) is 6.08 Å². The molecule has 0 aromatic heterocycles. The van der Waals surface area contributed by atoms with Crippen LogP contribution in [0.5, 0.6) is 11.5 Å². The third-order valence-corrected chi connectivity index (χ3v) is 5.13. The van der Waals surface area contributed by atoms with Crippen LogP contribution < -0.4 is 14.8 Å². The third kappa shape index (κ3) is 3.93. The summed E-state index contributed by atoms with van der Waals surface area (Å²) in [5.41, 5.74) is 1.93. The monoisotopic (exact) mass is 401 g/mol. The first-order chi connectivity index (χ1) is 14.0. The van der Waals surface area contributed by atoms with E-state index >= 15 is 0 Å². The molecule has 0 spiro atoms. The Kier molecular flexibility index (Phi) is 6.43. The number of hydrogen-bond donors (Lipinski definition) is 1.